The Morgan fingerprint density at radius 2 is 2.07 bits per heavy atom. The van der Waals surface area contributed by atoms with Crippen molar-refractivity contribution in [1.82, 2.24) is 10.2 Å². The van der Waals surface area contributed by atoms with E-state index in [-0.39, 0.29) is 0 Å². The maximum Gasteiger partial charge on any atom is 0.00192 e. The highest BCUT2D eigenvalue weighted by molar-refractivity contribution is 4.71. The van der Waals surface area contributed by atoms with E-state index in [4.69, 9.17) is 0 Å². The van der Waals surface area contributed by atoms with Crippen molar-refractivity contribution < 1.29 is 0 Å². The Balaban J connectivity index is 2.31. The van der Waals surface area contributed by atoms with Crippen LogP contribution in [0, 0.1) is 11.3 Å². The third-order valence-corrected chi connectivity index (χ3v) is 3.07. The molecule has 1 aliphatic heterocycles. The van der Waals surface area contributed by atoms with E-state index in [0.29, 0.717) is 5.41 Å². The first kappa shape index (κ1) is 13.0. The van der Waals surface area contributed by atoms with Crippen LogP contribution in [0.15, 0.2) is 0 Å². The monoisotopic (exact) mass is 212 g/mol. The van der Waals surface area contributed by atoms with Gasteiger partial charge in [-0.25, -0.2) is 0 Å². The summed E-state index contributed by atoms with van der Waals surface area (Å²) >= 11 is 0. The molecule has 2 nitrogen and oxygen atoms in total. The molecule has 0 aromatic carbocycles. The summed E-state index contributed by atoms with van der Waals surface area (Å²) in [5.74, 6) is 0.797. The molecule has 1 fully saturated rings. The van der Waals surface area contributed by atoms with E-state index in [1.54, 1.807) is 0 Å². The first-order chi connectivity index (χ1) is 6.97. The Bertz CT molecular complexity index is 172. The molecule has 0 aliphatic carbocycles. The lowest BCUT2D eigenvalue weighted by atomic mass is 9.92. The molecule has 1 N–H and O–H groups in total. The quantitative estimate of drug-likeness (QED) is 0.756. The topological polar surface area (TPSA) is 15.3 Å². The van der Waals surface area contributed by atoms with E-state index in [0.717, 1.165) is 5.92 Å². The third kappa shape index (κ3) is 6.16. The Labute approximate surface area is 95.4 Å². The van der Waals surface area contributed by atoms with E-state index in [2.05, 4.69) is 37.9 Å². The first-order valence-corrected chi connectivity index (χ1v) is 6.40. The minimum absolute atomic E-state index is 0.476. The van der Waals surface area contributed by atoms with Gasteiger partial charge in [0.25, 0.3) is 0 Å². The predicted octanol–water partition coefficient (Wildman–Crippen LogP) is 2.35. The van der Waals surface area contributed by atoms with Gasteiger partial charge in [0.2, 0.25) is 0 Å². The lowest BCUT2D eigenvalue weighted by Crippen LogP contribution is -2.39. The van der Waals surface area contributed by atoms with Crippen LogP contribution < -0.4 is 5.32 Å². The predicted molar refractivity (Wildman–Crippen MR) is 67.2 cm³/mol. The van der Waals surface area contributed by atoms with Crippen LogP contribution in [-0.4, -0.2) is 37.6 Å². The molecule has 1 rings (SSSR count). The third-order valence-electron chi connectivity index (χ3n) is 3.07. The summed E-state index contributed by atoms with van der Waals surface area (Å²) in [6.45, 7) is 15.5. The second-order valence-corrected chi connectivity index (χ2v) is 6.27. The van der Waals surface area contributed by atoms with Crippen LogP contribution in [-0.2, 0) is 0 Å². The first-order valence-electron chi connectivity index (χ1n) is 6.40. The fraction of sp³-hybridized carbons (Fsp3) is 1.00. The van der Waals surface area contributed by atoms with Crippen molar-refractivity contribution in [3.8, 4) is 0 Å². The molecule has 0 amide bonds. The van der Waals surface area contributed by atoms with E-state index >= 15 is 0 Å². The smallest absolute Gasteiger partial charge is 0.00192 e. The molecule has 1 heterocycles. The van der Waals surface area contributed by atoms with Gasteiger partial charge in [-0.1, -0.05) is 27.7 Å². The number of nitrogens with zero attached hydrogens (tertiary/aromatic N) is 1. The molecule has 1 unspecified atom stereocenters. The van der Waals surface area contributed by atoms with E-state index < -0.39 is 0 Å². The molecule has 0 saturated carbocycles. The van der Waals surface area contributed by atoms with Gasteiger partial charge in [-0.2, -0.15) is 0 Å². The van der Waals surface area contributed by atoms with Crippen molar-refractivity contribution in [2.75, 3.05) is 32.7 Å². The lowest BCUT2D eigenvalue weighted by molar-refractivity contribution is 0.188. The van der Waals surface area contributed by atoms with Crippen molar-refractivity contribution in [3.05, 3.63) is 0 Å². The number of hydrogen-bond acceptors (Lipinski definition) is 2. The standard InChI is InChI=1S/C13H28N2/c1-12-10-14-7-5-8-15(11-12)9-6-13(2,3)4/h12,14H,5-11H2,1-4H3. The van der Waals surface area contributed by atoms with E-state index in [1.807, 2.05) is 0 Å². The maximum atomic E-state index is 3.50. The van der Waals surface area contributed by atoms with Crippen LogP contribution >= 0.6 is 0 Å². The SMILES string of the molecule is CC1CNCCCN(CCC(C)(C)C)C1. The largest absolute Gasteiger partial charge is 0.316 e. The summed E-state index contributed by atoms with van der Waals surface area (Å²) in [4.78, 5) is 2.65. The Morgan fingerprint density at radius 1 is 1.33 bits per heavy atom. The summed E-state index contributed by atoms with van der Waals surface area (Å²) in [6, 6.07) is 0. The van der Waals surface area contributed by atoms with Crippen molar-refractivity contribution in [1.29, 1.82) is 0 Å². The molecule has 0 spiro atoms. The summed E-state index contributed by atoms with van der Waals surface area (Å²) in [6.07, 6.45) is 2.62. The molecule has 0 bridgehead atoms. The van der Waals surface area contributed by atoms with Gasteiger partial charge in [0, 0.05) is 6.54 Å². The average molecular weight is 212 g/mol. The summed E-state index contributed by atoms with van der Waals surface area (Å²) < 4.78 is 0. The highest BCUT2D eigenvalue weighted by atomic mass is 15.1. The van der Waals surface area contributed by atoms with Gasteiger partial charge in [-0.15, -0.1) is 0 Å². The van der Waals surface area contributed by atoms with Crippen LogP contribution in [0.5, 0.6) is 0 Å². The Morgan fingerprint density at radius 3 is 2.73 bits per heavy atom. The Hall–Kier alpha value is -0.0800. The minimum Gasteiger partial charge on any atom is -0.316 e. The van der Waals surface area contributed by atoms with Gasteiger partial charge in [0.05, 0.1) is 0 Å². The zero-order chi connectivity index (χ0) is 11.3. The second-order valence-electron chi connectivity index (χ2n) is 6.27. The highest BCUT2D eigenvalue weighted by Gasteiger charge is 2.16. The van der Waals surface area contributed by atoms with Crippen molar-refractivity contribution in [2.24, 2.45) is 11.3 Å². The molecule has 1 saturated heterocycles. The van der Waals surface area contributed by atoms with Gasteiger partial charge < -0.3 is 10.2 Å². The average Bonchev–Trinajstić information content (AvgIpc) is 2.07. The number of nitrogens with one attached hydrogen (secondary N) is 1. The zero-order valence-electron chi connectivity index (χ0n) is 11.0. The van der Waals surface area contributed by atoms with Crippen molar-refractivity contribution in [3.63, 3.8) is 0 Å². The second kappa shape index (κ2) is 5.86. The fourth-order valence-electron chi connectivity index (χ4n) is 2.07. The van der Waals surface area contributed by atoms with Gasteiger partial charge in [-0.05, 0) is 50.4 Å². The maximum absolute atomic E-state index is 3.50. The van der Waals surface area contributed by atoms with E-state index in [9.17, 15) is 0 Å². The molecular formula is C13H28N2. The normalized spacial score (nSPS) is 26.0. The highest BCUT2D eigenvalue weighted by Crippen LogP contribution is 2.19. The zero-order valence-corrected chi connectivity index (χ0v) is 11.0. The number of rotatable bonds is 2. The molecule has 1 aliphatic rings. The summed E-state index contributed by atoms with van der Waals surface area (Å²) in [7, 11) is 0. The molecule has 90 valence electrons. The molecule has 0 aromatic rings. The fourth-order valence-corrected chi connectivity index (χ4v) is 2.07. The van der Waals surface area contributed by atoms with Crippen LogP contribution in [0.1, 0.15) is 40.5 Å². The Kier molecular flexibility index (Phi) is 5.07. The lowest BCUT2D eigenvalue weighted by Gasteiger charge is -2.31. The minimum atomic E-state index is 0.476. The van der Waals surface area contributed by atoms with Gasteiger partial charge >= 0.3 is 0 Å². The molecular weight excluding hydrogens is 184 g/mol. The van der Waals surface area contributed by atoms with Gasteiger partial charge in [0.1, 0.15) is 0 Å². The van der Waals surface area contributed by atoms with E-state index in [1.165, 1.54) is 45.6 Å². The summed E-state index contributed by atoms with van der Waals surface area (Å²) in [5.41, 5.74) is 0.476. The molecule has 2 heteroatoms. The van der Waals surface area contributed by atoms with Crippen LogP contribution in [0.25, 0.3) is 0 Å². The molecule has 15 heavy (non-hydrogen) atoms. The van der Waals surface area contributed by atoms with Gasteiger partial charge in [-0.3, -0.25) is 0 Å². The van der Waals surface area contributed by atoms with Crippen LogP contribution in [0.4, 0.5) is 0 Å². The molecule has 1 atom stereocenters. The number of hydrogen-bond donors (Lipinski definition) is 1. The van der Waals surface area contributed by atoms with Crippen LogP contribution in [0.3, 0.4) is 0 Å². The van der Waals surface area contributed by atoms with Crippen LogP contribution in [0.2, 0.25) is 0 Å². The molecule has 0 aromatic heterocycles. The van der Waals surface area contributed by atoms with Crippen molar-refractivity contribution >= 4 is 0 Å². The van der Waals surface area contributed by atoms with Gasteiger partial charge in [0.15, 0.2) is 0 Å². The summed E-state index contributed by atoms with van der Waals surface area (Å²) in [5, 5.41) is 3.50. The van der Waals surface area contributed by atoms with Crippen molar-refractivity contribution in [2.45, 2.75) is 40.5 Å². The molecule has 0 radical (unpaired) electrons.